The van der Waals surface area contributed by atoms with E-state index >= 15 is 0 Å². The van der Waals surface area contributed by atoms with E-state index in [1.165, 1.54) is 11.3 Å². The van der Waals surface area contributed by atoms with Gasteiger partial charge in [-0.3, -0.25) is 4.79 Å². The molecule has 0 radical (unpaired) electrons. The van der Waals surface area contributed by atoms with Crippen LogP contribution in [0.2, 0.25) is 10.2 Å². The second-order valence-corrected chi connectivity index (χ2v) is 5.48. The molecular weight excluding hydrogens is 321 g/mol. The average molecular weight is 336 g/mol. The third kappa shape index (κ3) is 4.48. The van der Waals surface area contributed by atoms with E-state index in [0.717, 1.165) is 28.8 Å². The van der Waals surface area contributed by atoms with Gasteiger partial charge in [-0.25, -0.2) is 4.98 Å². The van der Waals surface area contributed by atoms with E-state index in [4.69, 9.17) is 28.0 Å². The van der Waals surface area contributed by atoms with Crippen LogP contribution in [-0.4, -0.2) is 16.4 Å². The number of aromatic amines is 1. The highest BCUT2D eigenvalue weighted by Crippen LogP contribution is 2.19. The Labute approximate surface area is 138 Å². The van der Waals surface area contributed by atoms with Crippen LogP contribution in [0.3, 0.4) is 0 Å². The predicted molar refractivity (Wildman–Crippen MR) is 90.2 cm³/mol. The summed E-state index contributed by atoms with van der Waals surface area (Å²) < 4.78 is 0. The zero-order chi connectivity index (χ0) is 15.9. The summed E-state index contributed by atoms with van der Waals surface area (Å²) in [5, 5.41) is 2.40. The van der Waals surface area contributed by atoms with Crippen molar-refractivity contribution in [2.45, 2.75) is 12.8 Å². The fourth-order valence-corrected chi connectivity index (χ4v) is 2.42. The normalized spacial score (nSPS) is 10.1. The third-order valence-corrected chi connectivity index (χ3v) is 3.58. The van der Waals surface area contributed by atoms with Gasteiger partial charge in [0.1, 0.15) is 5.15 Å². The summed E-state index contributed by atoms with van der Waals surface area (Å²) in [5.74, 6) is 0. The molecule has 114 valence electrons. The maximum Gasteiger partial charge on any atom is 0.204 e. The first-order chi connectivity index (χ1) is 10.6. The van der Waals surface area contributed by atoms with Crippen molar-refractivity contribution in [3.05, 3.63) is 64.0 Å². The van der Waals surface area contributed by atoms with Gasteiger partial charge < -0.3 is 10.7 Å². The second kappa shape index (κ2) is 7.82. The molecule has 0 spiro atoms. The molecule has 0 bridgehead atoms. The molecule has 1 aromatic carbocycles. The topological polar surface area (TPSA) is 71.8 Å². The highest BCUT2D eigenvalue weighted by molar-refractivity contribution is 6.30. The van der Waals surface area contributed by atoms with Crippen molar-refractivity contribution in [1.29, 1.82) is 0 Å². The van der Waals surface area contributed by atoms with E-state index in [2.05, 4.69) is 33.9 Å². The number of nitrogens with two attached hydrogens (primary N) is 1. The number of carbonyl (C=O) groups is 1. The largest absolute Gasteiger partial charge is 0.372 e. The number of hydrogen-bond acceptors (Lipinski definition) is 2. The van der Waals surface area contributed by atoms with Crippen LogP contribution in [0, 0.1) is 0 Å². The number of nitrogens with zero attached hydrogens (tertiary/aromatic N) is 1. The number of primary amides is 1. The van der Waals surface area contributed by atoms with E-state index in [1.807, 2.05) is 18.2 Å². The number of benzene rings is 1. The number of aromatic nitrogens is 2. The number of hydrogen-bond donors (Lipinski definition) is 2. The molecule has 2 heterocycles. The molecule has 0 atom stereocenters. The number of amides is 1. The Hall–Kier alpha value is -2.04. The summed E-state index contributed by atoms with van der Waals surface area (Å²) in [6, 6.07) is 12.0. The first-order valence-electron chi connectivity index (χ1n) is 6.65. The Bertz CT molecular complexity index is 754. The van der Waals surface area contributed by atoms with Crippen molar-refractivity contribution < 1.29 is 4.79 Å². The zero-order valence-electron chi connectivity index (χ0n) is 11.7. The Morgan fingerprint density at radius 3 is 2.50 bits per heavy atom. The van der Waals surface area contributed by atoms with Crippen LogP contribution in [0.1, 0.15) is 11.3 Å². The molecule has 0 saturated carbocycles. The van der Waals surface area contributed by atoms with Crippen LogP contribution in [0.15, 0.2) is 42.6 Å². The number of aryl methyl sites for hydroxylation is 2. The van der Waals surface area contributed by atoms with Gasteiger partial charge in [0, 0.05) is 16.1 Å². The van der Waals surface area contributed by atoms with Crippen molar-refractivity contribution >= 4 is 40.5 Å². The number of nitrogens with one attached hydrogen (secondary N) is 1. The smallest absolute Gasteiger partial charge is 0.204 e. The molecule has 0 aliphatic rings. The first kappa shape index (κ1) is 16.3. The molecule has 22 heavy (non-hydrogen) atoms. The molecule has 0 saturated heterocycles. The SMILES string of the molecule is Clc1ccc(CCc2cc3cc(Cl)ncc3[nH]2)cc1.NC=O. The summed E-state index contributed by atoms with van der Waals surface area (Å²) in [6.07, 6.45) is 3.95. The molecule has 3 aromatic rings. The number of fused-ring (bicyclic) bond motifs is 1. The van der Waals surface area contributed by atoms with Gasteiger partial charge in [-0.15, -0.1) is 0 Å². The number of H-pyrrole nitrogens is 1. The van der Waals surface area contributed by atoms with Gasteiger partial charge in [0.25, 0.3) is 0 Å². The minimum absolute atomic E-state index is 0.250. The fraction of sp³-hybridized carbons (Fsp3) is 0.125. The molecule has 4 nitrogen and oxygen atoms in total. The molecule has 2 aromatic heterocycles. The molecule has 0 aliphatic carbocycles. The van der Waals surface area contributed by atoms with Crippen molar-refractivity contribution in [1.82, 2.24) is 9.97 Å². The second-order valence-electron chi connectivity index (χ2n) is 4.65. The van der Waals surface area contributed by atoms with Crippen LogP contribution >= 0.6 is 23.2 Å². The van der Waals surface area contributed by atoms with Gasteiger partial charge in [0.05, 0.1) is 11.7 Å². The maximum atomic E-state index is 8.58. The molecule has 0 aliphatic heterocycles. The summed E-state index contributed by atoms with van der Waals surface area (Å²) in [4.78, 5) is 16.0. The average Bonchev–Trinajstić information content (AvgIpc) is 2.89. The van der Waals surface area contributed by atoms with E-state index in [-0.39, 0.29) is 6.41 Å². The Kier molecular flexibility index (Phi) is 5.81. The van der Waals surface area contributed by atoms with Gasteiger partial charge in [-0.2, -0.15) is 0 Å². The lowest BCUT2D eigenvalue weighted by atomic mass is 10.1. The minimum Gasteiger partial charge on any atom is -0.372 e. The Morgan fingerprint density at radius 1 is 1.14 bits per heavy atom. The van der Waals surface area contributed by atoms with Gasteiger partial charge in [-0.05, 0) is 42.7 Å². The van der Waals surface area contributed by atoms with Crippen molar-refractivity contribution in [3.8, 4) is 0 Å². The molecule has 0 unspecified atom stereocenters. The van der Waals surface area contributed by atoms with Crippen LogP contribution in [0.5, 0.6) is 0 Å². The van der Waals surface area contributed by atoms with Gasteiger partial charge >= 0.3 is 0 Å². The number of pyridine rings is 1. The van der Waals surface area contributed by atoms with Gasteiger partial charge in [0.15, 0.2) is 0 Å². The van der Waals surface area contributed by atoms with Crippen molar-refractivity contribution in [2.24, 2.45) is 5.73 Å². The minimum atomic E-state index is 0.250. The molecule has 3 N–H and O–H groups in total. The standard InChI is InChI=1S/C15H12Cl2N2.CH3NO/c16-12-4-1-10(2-5-12)3-6-13-7-11-8-15(17)18-9-14(11)19-13;2-1-3/h1-2,4-5,7-9,19H,3,6H2;1H,(H2,2,3). The lowest BCUT2D eigenvalue weighted by Gasteiger charge is -2.00. The van der Waals surface area contributed by atoms with E-state index in [9.17, 15) is 0 Å². The predicted octanol–water partition coefficient (Wildman–Crippen LogP) is 3.76. The summed E-state index contributed by atoms with van der Waals surface area (Å²) in [5.41, 5.74) is 7.66. The zero-order valence-corrected chi connectivity index (χ0v) is 13.2. The summed E-state index contributed by atoms with van der Waals surface area (Å²) in [6.45, 7) is 0. The Balaban J connectivity index is 0.000000545. The van der Waals surface area contributed by atoms with E-state index in [1.54, 1.807) is 6.20 Å². The monoisotopic (exact) mass is 335 g/mol. The van der Waals surface area contributed by atoms with E-state index in [0.29, 0.717) is 5.15 Å². The van der Waals surface area contributed by atoms with Gasteiger partial charge in [-0.1, -0.05) is 35.3 Å². The molecule has 6 heteroatoms. The highest BCUT2D eigenvalue weighted by Gasteiger charge is 2.03. The molecule has 1 amide bonds. The lowest BCUT2D eigenvalue weighted by molar-refractivity contribution is -0.106. The number of rotatable bonds is 3. The molecule has 0 fully saturated rings. The van der Waals surface area contributed by atoms with E-state index < -0.39 is 0 Å². The number of carbonyl (C=O) groups excluding carboxylic acids is 1. The summed E-state index contributed by atoms with van der Waals surface area (Å²) >= 11 is 11.7. The Morgan fingerprint density at radius 2 is 1.82 bits per heavy atom. The van der Waals surface area contributed by atoms with Crippen molar-refractivity contribution in [2.75, 3.05) is 0 Å². The lowest BCUT2D eigenvalue weighted by Crippen LogP contribution is -1.90. The van der Waals surface area contributed by atoms with Crippen molar-refractivity contribution in [3.63, 3.8) is 0 Å². The fourth-order valence-electron chi connectivity index (χ4n) is 2.13. The molecular formula is C16H15Cl2N3O. The van der Waals surface area contributed by atoms with Gasteiger partial charge in [0.2, 0.25) is 6.41 Å². The first-order valence-corrected chi connectivity index (χ1v) is 7.41. The highest BCUT2D eigenvalue weighted by atomic mass is 35.5. The quantitative estimate of drug-likeness (QED) is 0.565. The van der Waals surface area contributed by atoms with Crippen LogP contribution in [0.4, 0.5) is 0 Å². The van der Waals surface area contributed by atoms with Crippen LogP contribution in [-0.2, 0) is 17.6 Å². The summed E-state index contributed by atoms with van der Waals surface area (Å²) in [7, 11) is 0. The maximum absolute atomic E-state index is 8.58. The third-order valence-electron chi connectivity index (χ3n) is 3.12. The van der Waals surface area contributed by atoms with Crippen LogP contribution < -0.4 is 5.73 Å². The molecule has 3 rings (SSSR count). The number of halogens is 2. The van der Waals surface area contributed by atoms with Crippen LogP contribution in [0.25, 0.3) is 10.9 Å².